The van der Waals surface area contributed by atoms with Crippen LogP contribution in [0.3, 0.4) is 0 Å². The fraction of sp³-hybridized carbons (Fsp3) is 0.250. The summed E-state index contributed by atoms with van der Waals surface area (Å²) in [7, 11) is 0. The van der Waals surface area contributed by atoms with Gasteiger partial charge in [0, 0.05) is 43.0 Å². The summed E-state index contributed by atoms with van der Waals surface area (Å²) in [4.78, 5) is 23.1. The van der Waals surface area contributed by atoms with E-state index in [1.807, 2.05) is 37.3 Å². The van der Waals surface area contributed by atoms with Crippen molar-refractivity contribution in [2.75, 3.05) is 16.8 Å². The number of anilines is 3. The van der Waals surface area contributed by atoms with Crippen LogP contribution in [0.15, 0.2) is 53.4 Å². The van der Waals surface area contributed by atoms with Crippen molar-refractivity contribution in [3.8, 4) is 11.4 Å². The van der Waals surface area contributed by atoms with Crippen molar-refractivity contribution < 1.29 is 4.52 Å². The molecule has 1 aliphatic heterocycles. The first-order valence-electron chi connectivity index (χ1n) is 9.53. The van der Waals surface area contributed by atoms with Crippen molar-refractivity contribution in [2.24, 2.45) is 0 Å². The van der Waals surface area contributed by atoms with Crippen LogP contribution in [-0.4, -0.2) is 36.6 Å². The van der Waals surface area contributed by atoms with E-state index in [1.54, 1.807) is 18.6 Å². The molecule has 4 aromatic rings. The van der Waals surface area contributed by atoms with Crippen molar-refractivity contribution >= 4 is 17.7 Å². The molecule has 0 spiro atoms. The molecule has 0 saturated carbocycles. The zero-order valence-corrected chi connectivity index (χ0v) is 15.9. The van der Waals surface area contributed by atoms with Gasteiger partial charge in [-0.15, -0.1) is 0 Å². The van der Waals surface area contributed by atoms with E-state index in [2.05, 4.69) is 35.3 Å². The van der Waals surface area contributed by atoms with E-state index in [9.17, 15) is 0 Å². The number of H-pyrrole nitrogens is 1. The summed E-state index contributed by atoms with van der Waals surface area (Å²) < 4.78 is 5.68. The van der Waals surface area contributed by atoms with E-state index in [0.717, 1.165) is 42.2 Å². The Labute approximate surface area is 167 Å². The Morgan fingerprint density at radius 1 is 1.14 bits per heavy atom. The number of rotatable bonds is 5. The van der Waals surface area contributed by atoms with Crippen LogP contribution in [0.5, 0.6) is 0 Å². The summed E-state index contributed by atoms with van der Waals surface area (Å²) >= 11 is 0. The second-order valence-corrected chi connectivity index (χ2v) is 6.94. The zero-order chi connectivity index (χ0) is 19.6. The lowest BCUT2D eigenvalue weighted by Gasteiger charge is -2.23. The largest absolute Gasteiger partial charge is 0.358 e. The van der Waals surface area contributed by atoms with Crippen molar-refractivity contribution in [3.05, 3.63) is 60.4 Å². The van der Waals surface area contributed by atoms with Gasteiger partial charge in [0.1, 0.15) is 11.5 Å². The first kappa shape index (κ1) is 17.4. The van der Waals surface area contributed by atoms with E-state index >= 15 is 0 Å². The molecule has 1 saturated heterocycles. The SMILES string of the molecule is Cc1cc(Nc2ncc[nH]2)nc(N2CCC[C@H]2c2cc(-c3ccccn3)no2)n1. The molecule has 1 atom stereocenters. The van der Waals surface area contributed by atoms with Gasteiger partial charge >= 0.3 is 0 Å². The number of hydrogen-bond acceptors (Lipinski definition) is 8. The van der Waals surface area contributed by atoms with Gasteiger partial charge in [0.25, 0.3) is 0 Å². The quantitative estimate of drug-likeness (QED) is 0.533. The van der Waals surface area contributed by atoms with E-state index < -0.39 is 0 Å². The number of nitrogens with zero attached hydrogens (tertiary/aromatic N) is 6. The predicted molar refractivity (Wildman–Crippen MR) is 108 cm³/mol. The molecule has 146 valence electrons. The van der Waals surface area contributed by atoms with Gasteiger partial charge in [-0.2, -0.15) is 4.98 Å². The lowest BCUT2D eigenvalue weighted by Crippen LogP contribution is -2.25. The lowest BCUT2D eigenvalue weighted by molar-refractivity contribution is 0.362. The minimum Gasteiger partial charge on any atom is -0.358 e. The number of aryl methyl sites for hydroxylation is 1. The molecular weight excluding hydrogens is 368 g/mol. The van der Waals surface area contributed by atoms with Gasteiger partial charge in [0.15, 0.2) is 5.76 Å². The summed E-state index contributed by atoms with van der Waals surface area (Å²) in [6, 6.07) is 9.63. The molecule has 0 bridgehead atoms. The molecule has 5 heterocycles. The highest BCUT2D eigenvalue weighted by atomic mass is 16.5. The molecule has 1 fully saturated rings. The van der Waals surface area contributed by atoms with Gasteiger partial charge in [-0.25, -0.2) is 9.97 Å². The molecule has 9 heteroatoms. The maximum absolute atomic E-state index is 5.68. The third kappa shape index (κ3) is 3.54. The zero-order valence-electron chi connectivity index (χ0n) is 15.9. The smallest absolute Gasteiger partial charge is 0.228 e. The third-order valence-corrected chi connectivity index (χ3v) is 4.88. The van der Waals surface area contributed by atoms with Crippen LogP contribution >= 0.6 is 0 Å². The topological polar surface area (TPSA) is 109 Å². The molecule has 2 N–H and O–H groups in total. The van der Waals surface area contributed by atoms with Crippen LogP contribution in [0.1, 0.15) is 30.3 Å². The maximum atomic E-state index is 5.68. The fourth-order valence-corrected chi connectivity index (χ4v) is 3.58. The average Bonchev–Trinajstić information content (AvgIpc) is 3.49. The Hall–Kier alpha value is -3.75. The first-order chi connectivity index (χ1) is 14.3. The molecule has 0 amide bonds. The Bertz CT molecular complexity index is 1090. The van der Waals surface area contributed by atoms with Gasteiger partial charge < -0.3 is 19.7 Å². The lowest BCUT2D eigenvalue weighted by atomic mass is 10.1. The van der Waals surface area contributed by atoms with E-state index in [4.69, 9.17) is 9.51 Å². The molecule has 4 aromatic heterocycles. The number of aromatic amines is 1. The number of pyridine rings is 1. The second-order valence-electron chi connectivity index (χ2n) is 6.94. The van der Waals surface area contributed by atoms with E-state index in [-0.39, 0.29) is 6.04 Å². The van der Waals surface area contributed by atoms with Gasteiger partial charge in [-0.1, -0.05) is 11.2 Å². The third-order valence-electron chi connectivity index (χ3n) is 4.88. The van der Waals surface area contributed by atoms with Crippen LogP contribution in [0.2, 0.25) is 0 Å². The Morgan fingerprint density at radius 2 is 2.10 bits per heavy atom. The highest BCUT2D eigenvalue weighted by Crippen LogP contribution is 2.36. The van der Waals surface area contributed by atoms with Crippen molar-refractivity contribution in [2.45, 2.75) is 25.8 Å². The number of nitrogens with one attached hydrogen (secondary N) is 2. The summed E-state index contributed by atoms with van der Waals surface area (Å²) in [5.74, 6) is 2.80. The normalized spacial score (nSPS) is 16.3. The van der Waals surface area contributed by atoms with Crippen LogP contribution in [0, 0.1) is 6.92 Å². The van der Waals surface area contributed by atoms with Crippen molar-refractivity contribution in [1.82, 2.24) is 30.1 Å². The minimum absolute atomic E-state index is 0.0400. The molecule has 0 unspecified atom stereocenters. The predicted octanol–water partition coefficient (Wildman–Crippen LogP) is 3.64. The molecule has 5 rings (SSSR count). The van der Waals surface area contributed by atoms with Crippen molar-refractivity contribution in [3.63, 3.8) is 0 Å². The Kier molecular flexibility index (Phi) is 4.39. The molecular formula is C20H20N8O. The van der Waals surface area contributed by atoms with E-state index in [1.165, 1.54) is 0 Å². The van der Waals surface area contributed by atoms with E-state index in [0.29, 0.717) is 17.7 Å². The summed E-state index contributed by atoms with van der Waals surface area (Å²) in [6.45, 7) is 2.81. The number of aromatic nitrogens is 6. The van der Waals surface area contributed by atoms with Crippen LogP contribution in [0.4, 0.5) is 17.7 Å². The van der Waals surface area contributed by atoms with Gasteiger partial charge in [0.05, 0.1) is 11.7 Å². The Balaban J connectivity index is 1.42. The average molecular weight is 388 g/mol. The van der Waals surface area contributed by atoms with Crippen LogP contribution in [-0.2, 0) is 0 Å². The fourth-order valence-electron chi connectivity index (χ4n) is 3.58. The van der Waals surface area contributed by atoms with Gasteiger partial charge in [-0.05, 0) is 31.9 Å². The molecule has 9 nitrogen and oxygen atoms in total. The number of imidazole rings is 1. The summed E-state index contributed by atoms with van der Waals surface area (Å²) in [5, 5.41) is 7.39. The van der Waals surface area contributed by atoms with Crippen molar-refractivity contribution in [1.29, 1.82) is 0 Å². The highest BCUT2D eigenvalue weighted by molar-refractivity contribution is 5.55. The standard InChI is InChI=1S/C20H20N8O/c1-13-11-18(25-19-22-8-9-23-19)26-20(24-13)28-10-4-6-16(28)17-12-15(27-29-17)14-5-2-3-7-21-14/h2-3,5,7-9,11-12,16H,4,6,10H2,1H3,(H2,22,23,24,25,26)/t16-/m0/s1. The summed E-state index contributed by atoms with van der Waals surface area (Å²) in [6.07, 6.45) is 7.19. The molecule has 0 radical (unpaired) electrons. The van der Waals surface area contributed by atoms with Crippen LogP contribution < -0.4 is 10.2 Å². The monoisotopic (exact) mass is 388 g/mol. The summed E-state index contributed by atoms with van der Waals surface area (Å²) in [5.41, 5.74) is 2.41. The van der Waals surface area contributed by atoms with Gasteiger partial charge in [-0.3, -0.25) is 4.98 Å². The molecule has 1 aliphatic rings. The molecule has 0 aromatic carbocycles. The highest BCUT2D eigenvalue weighted by Gasteiger charge is 2.32. The second kappa shape index (κ2) is 7.34. The number of hydrogen-bond donors (Lipinski definition) is 2. The van der Waals surface area contributed by atoms with Crippen LogP contribution in [0.25, 0.3) is 11.4 Å². The first-order valence-corrected chi connectivity index (χ1v) is 9.53. The molecule has 0 aliphatic carbocycles. The van der Waals surface area contributed by atoms with Gasteiger partial charge in [0.2, 0.25) is 11.9 Å². The Morgan fingerprint density at radius 3 is 2.93 bits per heavy atom. The molecule has 29 heavy (non-hydrogen) atoms. The maximum Gasteiger partial charge on any atom is 0.228 e. The minimum atomic E-state index is 0.0400.